The van der Waals surface area contributed by atoms with Crippen molar-refractivity contribution in [2.75, 3.05) is 13.2 Å². The molecule has 0 spiro atoms. The second-order valence-electron chi connectivity index (χ2n) is 12.0. The first-order valence-electron chi connectivity index (χ1n) is 13.9. The summed E-state index contributed by atoms with van der Waals surface area (Å²) >= 11 is 0. The molecule has 4 heterocycles. The SMILES string of the molecule is C[C@]12C[C@]3(O)O[C@@H](O1)[C@]1(COC(=O)c4ccccc4)[C@@H]3C[C@]12O[C@H]1O[C@@H](COC(=O)c2ccccc2)[C@H](O)[C@@H](O)[C@@H]1O. The lowest BCUT2D eigenvalue weighted by Gasteiger charge is -2.67. The van der Waals surface area contributed by atoms with Crippen molar-refractivity contribution in [3.63, 3.8) is 0 Å². The summed E-state index contributed by atoms with van der Waals surface area (Å²) in [4.78, 5) is 25.4. The zero-order valence-electron chi connectivity index (χ0n) is 22.7. The number of aliphatic hydroxyl groups is 4. The van der Waals surface area contributed by atoms with Crippen LogP contribution in [-0.2, 0) is 28.4 Å². The van der Waals surface area contributed by atoms with Crippen LogP contribution in [0.2, 0.25) is 0 Å². The van der Waals surface area contributed by atoms with Gasteiger partial charge in [-0.05, 0) is 37.6 Å². The van der Waals surface area contributed by atoms with Crippen molar-refractivity contribution in [1.29, 1.82) is 0 Å². The van der Waals surface area contributed by atoms with Gasteiger partial charge in [0, 0.05) is 12.3 Å². The minimum Gasteiger partial charge on any atom is -0.461 e. The normalized spacial score (nSPS) is 44.5. The van der Waals surface area contributed by atoms with E-state index >= 15 is 0 Å². The van der Waals surface area contributed by atoms with Crippen LogP contribution in [0.15, 0.2) is 60.7 Å². The Morgan fingerprint density at radius 1 is 0.881 bits per heavy atom. The summed E-state index contributed by atoms with van der Waals surface area (Å²) < 4.78 is 35.7. The van der Waals surface area contributed by atoms with Gasteiger partial charge < -0.3 is 48.8 Å². The van der Waals surface area contributed by atoms with Crippen LogP contribution in [0.25, 0.3) is 0 Å². The highest BCUT2D eigenvalue weighted by Gasteiger charge is 2.94. The number of esters is 2. The topological polar surface area (TPSA) is 170 Å². The van der Waals surface area contributed by atoms with Gasteiger partial charge in [0.05, 0.1) is 16.5 Å². The van der Waals surface area contributed by atoms with Gasteiger partial charge in [-0.1, -0.05) is 36.4 Å². The van der Waals surface area contributed by atoms with E-state index in [1.54, 1.807) is 67.6 Å². The summed E-state index contributed by atoms with van der Waals surface area (Å²) in [6.45, 7) is 1.12. The summed E-state index contributed by atoms with van der Waals surface area (Å²) in [5.41, 5.74) is -2.88. The lowest BCUT2D eigenvalue weighted by atomic mass is 9.41. The predicted molar refractivity (Wildman–Crippen MR) is 138 cm³/mol. The quantitative estimate of drug-likeness (QED) is 0.318. The van der Waals surface area contributed by atoms with Crippen LogP contribution in [0, 0.1) is 11.3 Å². The molecule has 4 aliphatic heterocycles. The molecule has 3 aliphatic carbocycles. The largest absolute Gasteiger partial charge is 0.461 e. The highest BCUT2D eigenvalue weighted by molar-refractivity contribution is 5.89. The molecule has 0 amide bonds. The number of hydrogen-bond donors (Lipinski definition) is 4. The maximum absolute atomic E-state index is 12.9. The Balaban J connectivity index is 1.13. The van der Waals surface area contributed by atoms with Crippen molar-refractivity contribution in [3.05, 3.63) is 71.8 Å². The molecule has 4 saturated heterocycles. The second kappa shape index (κ2) is 9.53. The number of carbonyl (C=O) groups excluding carboxylic acids is 2. The number of hydrogen-bond acceptors (Lipinski definition) is 12. The molecule has 224 valence electrons. The van der Waals surface area contributed by atoms with Gasteiger partial charge in [-0.25, -0.2) is 9.59 Å². The van der Waals surface area contributed by atoms with E-state index < -0.39 is 83.9 Å². The van der Waals surface area contributed by atoms with Gasteiger partial charge in [0.25, 0.3) is 0 Å². The predicted octanol–water partition coefficient (Wildman–Crippen LogP) is 0.507. The molecule has 0 aromatic heterocycles. The minimum absolute atomic E-state index is 0.0572. The fraction of sp³-hybridized carbons (Fsp3) is 0.533. The molecule has 2 aromatic carbocycles. The third-order valence-electron chi connectivity index (χ3n) is 9.78. The van der Waals surface area contributed by atoms with E-state index in [1.807, 2.05) is 0 Å². The number of ether oxygens (including phenoxy) is 6. The third-order valence-corrected chi connectivity index (χ3v) is 9.78. The zero-order chi connectivity index (χ0) is 29.5. The van der Waals surface area contributed by atoms with Gasteiger partial charge in [0.1, 0.15) is 48.8 Å². The molecule has 11 atom stereocenters. The van der Waals surface area contributed by atoms with E-state index in [2.05, 4.69) is 0 Å². The fourth-order valence-electron chi connectivity index (χ4n) is 7.68. The molecule has 0 radical (unpaired) electrons. The van der Waals surface area contributed by atoms with Crippen molar-refractivity contribution in [2.45, 2.75) is 73.8 Å². The molecule has 12 nitrogen and oxygen atoms in total. The van der Waals surface area contributed by atoms with Crippen LogP contribution in [0.1, 0.15) is 40.5 Å². The Morgan fingerprint density at radius 3 is 2.14 bits per heavy atom. The van der Waals surface area contributed by atoms with Crippen molar-refractivity contribution < 1.29 is 58.4 Å². The van der Waals surface area contributed by atoms with Crippen molar-refractivity contribution in [3.8, 4) is 0 Å². The molecule has 4 N–H and O–H groups in total. The summed E-state index contributed by atoms with van der Waals surface area (Å²) in [6.07, 6.45) is -8.34. The Kier molecular flexibility index (Phi) is 6.32. The molecular formula is C30H32O12. The summed E-state index contributed by atoms with van der Waals surface area (Å²) in [7, 11) is 0. The number of carbonyl (C=O) groups is 2. The molecule has 0 unspecified atom stereocenters. The maximum atomic E-state index is 12.9. The maximum Gasteiger partial charge on any atom is 0.338 e. The average Bonchev–Trinajstić information content (AvgIpc) is 3.18. The first-order chi connectivity index (χ1) is 20.0. The zero-order valence-corrected chi connectivity index (χ0v) is 22.7. The van der Waals surface area contributed by atoms with Crippen LogP contribution in [-0.4, -0.2) is 99.6 Å². The van der Waals surface area contributed by atoms with Crippen molar-refractivity contribution >= 4 is 11.9 Å². The lowest BCUT2D eigenvalue weighted by molar-refractivity contribution is -0.424. The average molecular weight is 585 g/mol. The van der Waals surface area contributed by atoms with Crippen LogP contribution >= 0.6 is 0 Å². The number of aliphatic hydroxyl groups excluding tert-OH is 3. The summed E-state index contributed by atoms with van der Waals surface area (Å²) in [5, 5.41) is 43.6. The van der Waals surface area contributed by atoms with E-state index in [0.717, 1.165) is 0 Å². The molecule has 42 heavy (non-hydrogen) atoms. The highest BCUT2D eigenvalue weighted by Crippen LogP contribution is 2.81. The molecule has 6 bridgehead atoms. The standard InChI is InChI=1S/C30H32O12/c1-27-14-29(36)19-12-30(27,28(19,26(41-27)42-29)15-38-24(35)17-10-6-3-7-11-17)40-25-22(33)21(32)20(31)18(39-25)13-37-23(34)16-8-4-2-5-9-16/h2-11,18-22,25-26,31-33,36H,12-15H2,1H3/t18-,19-,20-,21+,22-,25+,26+,27+,28-,29-,30+/m0/s1. The Labute approximate surface area is 240 Å². The van der Waals surface area contributed by atoms with Gasteiger partial charge in [-0.15, -0.1) is 0 Å². The van der Waals surface area contributed by atoms with Crippen molar-refractivity contribution in [1.82, 2.24) is 0 Å². The van der Waals surface area contributed by atoms with Crippen molar-refractivity contribution in [2.24, 2.45) is 11.3 Å². The van der Waals surface area contributed by atoms with Gasteiger partial charge in [0.15, 0.2) is 18.4 Å². The Hall–Kier alpha value is -2.94. The smallest absolute Gasteiger partial charge is 0.338 e. The van der Waals surface area contributed by atoms with Crippen LogP contribution in [0.4, 0.5) is 0 Å². The number of rotatable bonds is 8. The summed E-state index contributed by atoms with van der Waals surface area (Å²) in [5.74, 6) is -3.25. The van der Waals surface area contributed by atoms with Crippen LogP contribution in [0.3, 0.4) is 0 Å². The third kappa shape index (κ3) is 3.70. The Morgan fingerprint density at radius 2 is 1.50 bits per heavy atom. The van der Waals surface area contributed by atoms with E-state index in [0.29, 0.717) is 11.1 Å². The Bertz CT molecular complexity index is 1370. The molecular weight excluding hydrogens is 552 g/mol. The van der Waals surface area contributed by atoms with E-state index in [9.17, 15) is 30.0 Å². The highest BCUT2D eigenvalue weighted by atomic mass is 16.8. The molecule has 9 rings (SSSR count). The first-order valence-corrected chi connectivity index (χ1v) is 13.9. The van der Waals surface area contributed by atoms with Gasteiger partial charge in [0.2, 0.25) is 0 Å². The second-order valence-corrected chi connectivity index (χ2v) is 12.0. The minimum atomic E-state index is -1.69. The lowest BCUT2D eigenvalue weighted by Crippen LogP contribution is -2.80. The molecule has 2 aromatic rings. The van der Waals surface area contributed by atoms with E-state index in [4.69, 9.17) is 28.4 Å². The van der Waals surface area contributed by atoms with Gasteiger partial charge in [-0.3, -0.25) is 0 Å². The van der Waals surface area contributed by atoms with Crippen LogP contribution < -0.4 is 0 Å². The summed E-state index contributed by atoms with van der Waals surface area (Å²) in [6, 6.07) is 16.7. The molecule has 7 aliphatic rings. The van der Waals surface area contributed by atoms with E-state index in [-0.39, 0.29) is 19.4 Å². The molecule has 3 saturated carbocycles. The molecule has 12 heteroatoms. The van der Waals surface area contributed by atoms with Gasteiger partial charge >= 0.3 is 11.9 Å². The molecule has 7 fully saturated rings. The van der Waals surface area contributed by atoms with E-state index in [1.165, 1.54) is 0 Å². The monoisotopic (exact) mass is 584 g/mol. The van der Waals surface area contributed by atoms with Crippen LogP contribution in [0.5, 0.6) is 0 Å². The first kappa shape index (κ1) is 27.9. The van der Waals surface area contributed by atoms with Gasteiger partial charge in [-0.2, -0.15) is 0 Å². The number of benzene rings is 2. The fourth-order valence-corrected chi connectivity index (χ4v) is 7.68.